The molecule has 8 nitrogen and oxygen atoms in total. The number of aromatic nitrogens is 3. The third-order valence-electron chi connectivity index (χ3n) is 6.52. The summed E-state index contributed by atoms with van der Waals surface area (Å²) in [5.41, 5.74) is 1.71. The van der Waals surface area contributed by atoms with Gasteiger partial charge >= 0.3 is 6.18 Å². The van der Waals surface area contributed by atoms with Crippen molar-refractivity contribution in [3.63, 3.8) is 0 Å². The third kappa shape index (κ3) is 7.18. The van der Waals surface area contributed by atoms with Crippen LogP contribution in [0.25, 0.3) is 0 Å². The standard InChI is InChI=1S/C27H31F3N6O2/c1-21(37)36-14-6-12-33(17-22-7-4-10-31-15-22)11-5-13-34(18-23-8-2-3-9-25(23)36)26(38)20-35-19-24(16-32-35)27(28,29)30/h2-4,7-10,15-16,19H,5-6,11-14,17-18,20H2,1H3. The van der Waals surface area contributed by atoms with Gasteiger partial charge < -0.3 is 9.80 Å². The van der Waals surface area contributed by atoms with Crippen LogP contribution in [-0.2, 0) is 35.4 Å². The minimum Gasteiger partial charge on any atom is -0.337 e. The van der Waals surface area contributed by atoms with Crippen LogP contribution in [0.4, 0.5) is 18.9 Å². The number of alkyl halides is 3. The second-order valence-corrected chi connectivity index (χ2v) is 9.38. The summed E-state index contributed by atoms with van der Waals surface area (Å²) in [5.74, 6) is -0.440. The molecule has 0 atom stereocenters. The molecule has 0 spiro atoms. The monoisotopic (exact) mass is 528 g/mol. The molecule has 3 aromatic rings. The smallest absolute Gasteiger partial charge is 0.337 e. The summed E-state index contributed by atoms with van der Waals surface area (Å²) in [6.07, 6.45) is 2.04. The lowest BCUT2D eigenvalue weighted by molar-refractivity contribution is -0.138. The van der Waals surface area contributed by atoms with Crippen LogP contribution in [0.5, 0.6) is 0 Å². The Hall–Kier alpha value is -3.73. The molecular weight excluding hydrogens is 497 g/mol. The van der Waals surface area contributed by atoms with E-state index in [0.717, 1.165) is 46.9 Å². The average Bonchev–Trinajstić information content (AvgIpc) is 3.35. The molecule has 38 heavy (non-hydrogen) atoms. The highest BCUT2D eigenvalue weighted by molar-refractivity contribution is 5.92. The molecule has 0 unspecified atom stereocenters. The lowest BCUT2D eigenvalue weighted by Crippen LogP contribution is -2.39. The van der Waals surface area contributed by atoms with Gasteiger partial charge in [-0.05, 0) is 36.1 Å². The fourth-order valence-corrected chi connectivity index (χ4v) is 4.65. The number of rotatable bonds is 4. The van der Waals surface area contributed by atoms with Crippen molar-refractivity contribution >= 4 is 17.5 Å². The summed E-state index contributed by atoms with van der Waals surface area (Å²) in [6.45, 7) is 4.52. The van der Waals surface area contributed by atoms with E-state index in [4.69, 9.17) is 0 Å². The first-order valence-electron chi connectivity index (χ1n) is 12.6. The number of pyridine rings is 1. The summed E-state index contributed by atoms with van der Waals surface area (Å²) in [6, 6.07) is 11.3. The first-order chi connectivity index (χ1) is 18.2. The highest BCUT2D eigenvalue weighted by Crippen LogP contribution is 2.28. The van der Waals surface area contributed by atoms with Crippen molar-refractivity contribution in [1.29, 1.82) is 0 Å². The van der Waals surface area contributed by atoms with Gasteiger partial charge in [0.2, 0.25) is 11.8 Å². The number of benzene rings is 1. The first-order valence-corrected chi connectivity index (χ1v) is 12.6. The van der Waals surface area contributed by atoms with E-state index in [0.29, 0.717) is 32.6 Å². The van der Waals surface area contributed by atoms with E-state index < -0.39 is 11.7 Å². The molecule has 0 saturated carbocycles. The fourth-order valence-electron chi connectivity index (χ4n) is 4.65. The van der Waals surface area contributed by atoms with Crippen molar-refractivity contribution in [3.8, 4) is 0 Å². The number of para-hydroxylation sites is 1. The minimum absolute atomic E-state index is 0.0950. The van der Waals surface area contributed by atoms with Crippen molar-refractivity contribution < 1.29 is 22.8 Å². The zero-order chi connectivity index (χ0) is 27.1. The first kappa shape index (κ1) is 27.3. The molecule has 0 fully saturated rings. The van der Waals surface area contributed by atoms with Crippen LogP contribution >= 0.6 is 0 Å². The second-order valence-electron chi connectivity index (χ2n) is 9.38. The summed E-state index contributed by atoms with van der Waals surface area (Å²) in [7, 11) is 0. The van der Waals surface area contributed by atoms with Gasteiger partial charge in [-0.2, -0.15) is 18.3 Å². The average molecular weight is 529 g/mol. The predicted octanol–water partition coefficient (Wildman–Crippen LogP) is 3.97. The Bertz CT molecular complexity index is 1230. The number of carbonyl (C=O) groups excluding carboxylic acids is 2. The van der Waals surface area contributed by atoms with Crippen LogP contribution in [0.2, 0.25) is 0 Å². The van der Waals surface area contributed by atoms with Crippen LogP contribution in [0.15, 0.2) is 61.2 Å². The maximum atomic E-state index is 13.3. The van der Waals surface area contributed by atoms with E-state index in [1.54, 1.807) is 16.0 Å². The molecule has 0 aliphatic carbocycles. The van der Waals surface area contributed by atoms with Gasteiger partial charge in [-0.1, -0.05) is 24.3 Å². The molecule has 0 bridgehead atoms. The summed E-state index contributed by atoms with van der Waals surface area (Å²) in [4.78, 5) is 35.8. The van der Waals surface area contributed by atoms with Crippen LogP contribution in [-0.4, -0.2) is 62.6 Å². The van der Waals surface area contributed by atoms with E-state index >= 15 is 0 Å². The van der Waals surface area contributed by atoms with Crippen LogP contribution in [0.3, 0.4) is 0 Å². The maximum absolute atomic E-state index is 13.3. The van der Waals surface area contributed by atoms with E-state index in [9.17, 15) is 22.8 Å². The molecule has 2 amide bonds. The third-order valence-corrected chi connectivity index (χ3v) is 6.52. The van der Waals surface area contributed by atoms with Crippen molar-refractivity contribution in [3.05, 3.63) is 77.9 Å². The van der Waals surface area contributed by atoms with Gasteiger partial charge in [0.05, 0.1) is 11.8 Å². The van der Waals surface area contributed by atoms with Crippen LogP contribution in [0.1, 0.15) is 36.5 Å². The molecule has 202 valence electrons. The molecule has 0 saturated heterocycles. The summed E-state index contributed by atoms with van der Waals surface area (Å²) >= 11 is 0. The number of anilines is 1. The van der Waals surface area contributed by atoms with Crippen LogP contribution in [0, 0.1) is 0 Å². The Morgan fingerprint density at radius 3 is 2.42 bits per heavy atom. The highest BCUT2D eigenvalue weighted by atomic mass is 19.4. The number of amides is 2. The van der Waals surface area contributed by atoms with Crippen LogP contribution < -0.4 is 4.90 Å². The molecule has 3 heterocycles. The van der Waals surface area contributed by atoms with E-state index in [1.165, 1.54) is 6.92 Å². The molecule has 1 aromatic carbocycles. The van der Waals surface area contributed by atoms with Crippen molar-refractivity contribution in [2.75, 3.05) is 31.1 Å². The molecule has 0 N–H and O–H groups in total. The summed E-state index contributed by atoms with van der Waals surface area (Å²) < 4.78 is 40.1. The predicted molar refractivity (Wildman–Crippen MR) is 136 cm³/mol. The molecule has 2 aromatic heterocycles. The topological polar surface area (TPSA) is 74.6 Å². The second kappa shape index (κ2) is 12.2. The normalized spacial score (nSPS) is 15.9. The molecule has 0 radical (unpaired) electrons. The molecule has 1 aliphatic heterocycles. The Kier molecular flexibility index (Phi) is 8.77. The summed E-state index contributed by atoms with van der Waals surface area (Å²) in [5, 5.41) is 3.74. The molecule has 1 aliphatic rings. The van der Waals surface area contributed by atoms with Crippen molar-refractivity contribution in [1.82, 2.24) is 24.6 Å². The Labute approximate surface area is 219 Å². The van der Waals surface area contributed by atoms with Gasteiger partial charge in [-0.3, -0.25) is 24.2 Å². The number of fused-ring (bicyclic) bond motifs is 1. The highest BCUT2D eigenvalue weighted by Gasteiger charge is 2.32. The quantitative estimate of drug-likeness (QED) is 0.512. The number of hydrogen-bond acceptors (Lipinski definition) is 5. The Morgan fingerprint density at radius 1 is 0.974 bits per heavy atom. The Morgan fingerprint density at radius 2 is 1.74 bits per heavy atom. The van der Waals surface area contributed by atoms with Gasteiger partial charge in [-0.25, -0.2) is 0 Å². The van der Waals surface area contributed by atoms with Gasteiger partial charge in [0.15, 0.2) is 0 Å². The zero-order valence-corrected chi connectivity index (χ0v) is 21.3. The van der Waals surface area contributed by atoms with Gasteiger partial charge in [0.25, 0.3) is 0 Å². The molecule has 11 heteroatoms. The van der Waals surface area contributed by atoms with E-state index in [-0.39, 0.29) is 24.9 Å². The van der Waals surface area contributed by atoms with Gasteiger partial charge in [0.1, 0.15) is 6.54 Å². The molecule has 4 rings (SSSR count). The zero-order valence-electron chi connectivity index (χ0n) is 21.3. The minimum atomic E-state index is -4.53. The number of halogens is 3. The lowest BCUT2D eigenvalue weighted by Gasteiger charge is -2.31. The number of nitrogens with zero attached hydrogens (tertiary/aromatic N) is 6. The maximum Gasteiger partial charge on any atom is 0.419 e. The van der Waals surface area contributed by atoms with E-state index in [2.05, 4.69) is 15.0 Å². The molecular formula is C27H31F3N6O2. The number of hydrogen-bond donors (Lipinski definition) is 0. The lowest BCUT2D eigenvalue weighted by atomic mass is 10.1. The fraction of sp³-hybridized carbons (Fsp3) is 0.407. The van der Waals surface area contributed by atoms with E-state index in [1.807, 2.05) is 42.6 Å². The van der Waals surface area contributed by atoms with Gasteiger partial charge in [-0.15, -0.1) is 0 Å². The van der Waals surface area contributed by atoms with Crippen molar-refractivity contribution in [2.45, 2.75) is 45.6 Å². The SMILES string of the molecule is CC(=O)N1CCCN(Cc2cccnc2)CCCN(C(=O)Cn2cc(C(F)(F)F)cn2)Cc2ccccc21. The van der Waals surface area contributed by atoms with Crippen molar-refractivity contribution in [2.24, 2.45) is 0 Å². The largest absolute Gasteiger partial charge is 0.419 e. The van der Waals surface area contributed by atoms with Gasteiger partial charge in [0, 0.05) is 70.5 Å². The number of carbonyl (C=O) groups is 2. The Balaban J connectivity index is 1.58.